The van der Waals surface area contributed by atoms with Crippen molar-refractivity contribution in [3.63, 3.8) is 0 Å². The number of H-pyrrole nitrogens is 1. The highest BCUT2D eigenvalue weighted by Crippen LogP contribution is 2.43. The summed E-state index contributed by atoms with van der Waals surface area (Å²) in [5, 5.41) is 18.3. The SMILES string of the molecule is O=C(NC1CCNCC1)Oc1nc2ccc(C3(O)c4ccccc4C(=O)N3Cc3ccccc3)cc2[nH]1. The van der Waals surface area contributed by atoms with Crippen LogP contribution in [-0.2, 0) is 12.3 Å². The Labute approximate surface area is 213 Å². The largest absolute Gasteiger partial charge is 0.415 e. The van der Waals surface area contributed by atoms with Crippen LogP contribution in [-0.4, -0.2) is 51.1 Å². The van der Waals surface area contributed by atoms with Gasteiger partial charge in [-0.2, -0.15) is 4.98 Å². The third kappa shape index (κ3) is 4.22. The van der Waals surface area contributed by atoms with Crippen LogP contribution >= 0.6 is 0 Å². The van der Waals surface area contributed by atoms with Gasteiger partial charge in [-0.1, -0.05) is 54.6 Å². The summed E-state index contributed by atoms with van der Waals surface area (Å²) < 4.78 is 5.40. The lowest BCUT2D eigenvalue weighted by molar-refractivity contribution is -0.0542. The standard InChI is InChI=1S/C28H27N5O4/c34-25-21-8-4-5-9-22(21)28(36,33(25)17-18-6-2-1-3-7-18)19-10-11-23-24(16-19)32-26(31-23)37-27(35)30-20-12-14-29-15-13-20/h1-11,16,20,29,36H,12-15,17H2,(H,30,35)(H,31,32). The molecule has 2 aliphatic rings. The van der Waals surface area contributed by atoms with Gasteiger partial charge in [0.2, 0.25) is 0 Å². The number of rotatable bonds is 5. The third-order valence-electron chi connectivity index (χ3n) is 7.07. The average Bonchev–Trinajstić information content (AvgIpc) is 3.42. The Kier molecular flexibility index (Phi) is 5.86. The molecular weight excluding hydrogens is 470 g/mol. The van der Waals surface area contributed by atoms with Gasteiger partial charge in [-0.25, -0.2) is 4.79 Å². The van der Waals surface area contributed by atoms with Gasteiger partial charge in [0.1, 0.15) is 0 Å². The summed E-state index contributed by atoms with van der Waals surface area (Å²) >= 11 is 0. The summed E-state index contributed by atoms with van der Waals surface area (Å²) in [5.74, 6) is -0.245. The molecule has 1 unspecified atom stereocenters. The quantitative estimate of drug-likeness (QED) is 0.336. The fourth-order valence-corrected chi connectivity index (χ4v) is 5.18. The predicted molar refractivity (Wildman–Crippen MR) is 137 cm³/mol. The molecule has 4 aromatic rings. The van der Waals surface area contributed by atoms with Crippen molar-refractivity contribution in [1.82, 2.24) is 25.5 Å². The van der Waals surface area contributed by atoms with E-state index in [1.54, 1.807) is 36.4 Å². The van der Waals surface area contributed by atoms with Gasteiger partial charge in [-0.15, -0.1) is 0 Å². The monoisotopic (exact) mass is 497 g/mol. The van der Waals surface area contributed by atoms with Crippen LogP contribution < -0.4 is 15.4 Å². The predicted octanol–water partition coefficient (Wildman–Crippen LogP) is 3.25. The molecule has 1 saturated heterocycles. The summed E-state index contributed by atoms with van der Waals surface area (Å²) in [6.45, 7) is 1.94. The fourth-order valence-electron chi connectivity index (χ4n) is 5.18. The Morgan fingerprint density at radius 2 is 1.84 bits per heavy atom. The van der Waals surface area contributed by atoms with E-state index < -0.39 is 11.8 Å². The van der Waals surface area contributed by atoms with Gasteiger partial charge < -0.3 is 25.5 Å². The Morgan fingerprint density at radius 3 is 2.65 bits per heavy atom. The number of imidazole rings is 1. The van der Waals surface area contributed by atoms with E-state index >= 15 is 0 Å². The van der Waals surface area contributed by atoms with E-state index in [1.165, 1.54) is 4.90 Å². The number of hydrogen-bond donors (Lipinski definition) is 4. The number of ether oxygens (including phenoxy) is 1. The number of nitrogens with zero attached hydrogens (tertiary/aromatic N) is 2. The average molecular weight is 498 g/mol. The highest BCUT2D eigenvalue weighted by Gasteiger charge is 2.49. The van der Waals surface area contributed by atoms with Crippen LogP contribution in [0.5, 0.6) is 6.01 Å². The Hall–Kier alpha value is -4.21. The zero-order chi connectivity index (χ0) is 25.4. The van der Waals surface area contributed by atoms with Crippen molar-refractivity contribution >= 4 is 23.0 Å². The van der Waals surface area contributed by atoms with Crippen LogP contribution in [0.2, 0.25) is 0 Å². The summed E-state index contributed by atoms with van der Waals surface area (Å²) in [7, 11) is 0. The number of benzene rings is 3. The van der Waals surface area contributed by atoms with Gasteiger partial charge in [0, 0.05) is 29.3 Å². The van der Waals surface area contributed by atoms with E-state index in [9.17, 15) is 14.7 Å². The third-order valence-corrected chi connectivity index (χ3v) is 7.07. The molecule has 0 saturated carbocycles. The number of nitrogens with one attached hydrogen (secondary N) is 3. The highest BCUT2D eigenvalue weighted by atomic mass is 16.6. The fraction of sp³-hybridized carbons (Fsp3) is 0.250. The van der Waals surface area contributed by atoms with Crippen molar-refractivity contribution < 1.29 is 19.4 Å². The minimum Gasteiger partial charge on any atom is -0.375 e. The van der Waals surface area contributed by atoms with Crippen LogP contribution in [0.25, 0.3) is 11.0 Å². The van der Waals surface area contributed by atoms with E-state index in [1.807, 2.05) is 36.4 Å². The molecule has 37 heavy (non-hydrogen) atoms. The Balaban J connectivity index is 1.31. The molecule has 2 amide bonds. The number of aromatic amines is 1. The first kappa shape index (κ1) is 23.2. The van der Waals surface area contributed by atoms with Crippen LogP contribution in [0.1, 0.15) is 39.9 Å². The lowest BCUT2D eigenvalue weighted by Crippen LogP contribution is -2.44. The molecule has 3 aromatic carbocycles. The molecule has 0 bridgehead atoms. The van der Waals surface area contributed by atoms with Crippen molar-refractivity contribution in [3.8, 4) is 6.01 Å². The zero-order valence-corrected chi connectivity index (χ0v) is 20.1. The second-order valence-corrected chi connectivity index (χ2v) is 9.43. The van der Waals surface area contributed by atoms with E-state index in [4.69, 9.17) is 4.74 Å². The van der Waals surface area contributed by atoms with Crippen molar-refractivity contribution in [2.75, 3.05) is 13.1 Å². The number of carbonyl (C=O) groups is 2. The molecule has 9 heteroatoms. The summed E-state index contributed by atoms with van der Waals surface area (Å²) in [5.41, 5.74) is 1.85. The Bertz CT molecular complexity index is 1460. The summed E-state index contributed by atoms with van der Waals surface area (Å²) in [6, 6.07) is 22.0. The van der Waals surface area contributed by atoms with Crippen LogP contribution in [0.4, 0.5) is 4.79 Å². The second kappa shape index (κ2) is 9.34. The van der Waals surface area contributed by atoms with Crippen molar-refractivity contribution in [2.45, 2.75) is 31.2 Å². The van der Waals surface area contributed by atoms with Gasteiger partial charge in [-0.3, -0.25) is 9.69 Å². The highest BCUT2D eigenvalue weighted by molar-refractivity contribution is 6.00. The normalized spacial score (nSPS) is 19.7. The number of carbonyl (C=O) groups excluding carboxylic acids is 2. The van der Waals surface area contributed by atoms with Gasteiger partial charge >= 0.3 is 12.1 Å². The first-order valence-electron chi connectivity index (χ1n) is 12.4. The molecule has 0 radical (unpaired) electrons. The lowest BCUT2D eigenvalue weighted by atomic mass is 9.93. The topological polar surface area (TPSA) is 120 Å². The molecule has 1 fully saturated rings. The number of aliphatic hydroxyl groups is 1. The first-order valence-corrected chi connectivity index (χ1v) is 12.4. The van der Waals surface area contributed by atoms with Gasteiger partial charge in [0.15, 0.2) is 5.72 Å². The van der Waals surface area contributed by atoms with Gasteiger partial charge in [0.05, 0.1) is 11.0 Å². The van der Waals surface area contributed by atoms with E-state index in [2.05, 4.69) is 20.6 Å². The maximum absolute atomic E-state index is 13.4. The van der Waals surface area contributed by atoms with E-state index in [-0.39, 0.29) is 24.5 Å². The first-order chi connectivity index (χ1) is 18.0. The molecule has 2 aliphatic heterocycles. The van der Waals surface area contributed by atoms with E-state index in [0.717, 1.165) is 31.5 Å². The number of piperidine rings is 1. The molecule has 9 nitrogen and oxygen atoms in total. The molecule has 1 atom stereocenters. The minimum absolute atomic E-state index is 0.0644. The molecule has 6 rings (SSSR count). The molecule has 188 valence electrons. The molecule has 0 aliphatic carbocycles. The van der Waals surface area contributed by atoms with Crippen LogP contribution in [0.15, 0.2) is 72.8 Å². The number of hydrogen-bond acceptors (Lipinski definition) is 6. The maximum atomic E-state index is 13.4. The minimum atomic E-state index is -1.68. The smallest absolute Gasteiger partial charge is 0.375 e. The number of fused-ring (bicyclic) bond motifs is 2. The van der Waals surface area contributed by atoms with Crippen molar-refractivity contribution in [1.29, 1.82) is 0 Å². The molecule has 1 aromatic heterocycles. The Morgan fingerprint density at radius 1 is 1.08 bits per heavy atom. The van der Waals surface area contributed by atoms with E-state index in [0.29, 0.717) is 27.7 Å². The maximum Gasteiger partial charge on any atom is 0.415 e. The van der Waals surface area contributed by atoms with Gasteiger partial charge in [0.25, 0.3) is 5.91 Å². The number of amides is 2. The molecular formula is C28H27N5O4. The summed E-state index contributed by atoms with van der Waals surface area (Å²) in [6.07, 6.45) is 1.13. The van der Waals surface area contributed by atoms with Gasteiger partial charge in [-0.05, 0) is 49.7 Å². The molecule has 3 heterocycles. The zero-order valence-electron chi connectivity index (χ0n) is 20.1. The summed E-state index contributed by atoms with van der Waals surface area (Å²) in [4.78, 5) is 34.7. The van der Waals surface area contributed by atoms with Crippen LogP contribution in [0.3, 0.4) is 0 Å². The number of aromatic nitrogens is 2. The molecule has 0 spiro atoms. The van der Waals surface area contributed by atoms with Crippen molar-refractivity contribution in [3.05, 3.63) is 95.1 Å². The van der Waals surface area contributed by atoms with Crippen molar-refractivity contribution in [2.24, 2.45) is 0 Å². The lowest BCUT2D eigenvalue weighted by Gasteiger charge is -2.35. The molecule has 4 N–H and O–H groups in total. The van der Waals surface area contributed by atoms with Crippen LogP contribution in [0, 0.1) is 0 Å². The second-order valence-electron chi connectivity index (χ2n) is 9.43.